The molecule has 1 aliphatic heterocycles. The fourth-order valence-corrected chi connectivity index (χ4v) is 2.96. The number of nitrogens with one attached hydrogen (secondary N) is 1. The number of ether oxygens (including phenoxy) is 1. The highest BCUT2D eigenvalue weighted by Gasteiger charge is 2.34. The van der Waals surface area contributed by atoms with Crippen molar-refractivity contribution in [3.63, 3.8) is 0 Å². The molecule has 22 heavy (non-hydrogen) atoms. The van der Waals surface area contributed by atoms with Crippen molar-refractivity contribution < 1.29 is 13.9 Å². The van der Waals surface area contributed by atoms with Gasteiger partial charge in [-0.15, -0.1) is 0 Å². The molecule has 0 aromatic heterocycles. The predicted octanol–water partition coefficient (Wildman–Crippen LogP) is 2.91. The largest absolute Gasteiger partial charge is 0.463 e. The van der Waals surface area contributed by atoms with E-state index < -0.39 is 12.0 Å². The van der Waals surface area contributed by atoms with Gasteiger partial charge in [-0.05, 0) is 50.7 Å². The monoisotopic (exact) mass is 322 g/mol. The van der Waals surface area contributed by atoms with Crippen molar-refractivity contribution in [2.24, 2.45) is 0 Å². The smallest absolute Gasteiger partial charge is 0.338 e. The Kier molecular flexibility index (Phi) is 5.13. The van der Waals surface area contributed by atoms with Crippen molar-refractivity contribution in [1.29, 1.82) is 0 Å². The zero-order chi connectivity index (χ0) is 16.3. The second-order valence-electron chi connectivity index (χ2n) is 4.90. The number of hydrogen-bond acceptors (Lipinski definition) is 3. The van der Waals surface area contributed by atoms with Crippen molar-refractivity contribution in [2.75, 3.05) is 13.2 Å². The summed E-state index contributed by atoms with van der Waals surface area (Å²) in [7, 11) is 0. The van der Waals surface area contributed by atoms with Crippen LogP contribution in [0.1, 0.15) is 32.4 Å². The Morgan fingerprint density at radius 2 is 2.18 bits per heavy atom. The number of benzene rings is 1. The fraction of sp³-hybridized carbons (Fsp3) is 0.375. The third-order valence-corrected chi connectivity index (χ3v) is 3.93. The van der Waals surface area contributed by atoms with Crippen molar-refractivity contribution in [1.82, 2.24) is 10.2 Å². The Balaban J connectivity index is 2.53. The van der Waals surface area contributed by atoms with Gasteiger partial charge in [-0.25, -0.2) is 9.18 Å². The summed E-state index contributed by atoms with van der Waals surface area (Å²) in [5, 5.41) is 3.63. The molecule has 6 heteroatoms. The summed E-state index contributed by atoms with van der Waals surface area (Å²) >= 11 is 5.35. The van der Waals surface area contributed by atoms with Crippen molar-refractivity contribution in [3.8, 4) is 0 Å². The van der Waals surface area contributed by atoms with Gasteiger partial charge in [0, 0.05) is 12.2 Å². The molecule has 0 fully saturated rings. The van der Waals surface area contributed by atoms with Crippen LogP contribution in [-0.2, 0) is 9.53 Å². The molecule has 1 aromatic carbocycles. The zero-order valence-corrected chi connectivity index (χ0v) is 13.7. The Hall–Kier alpha value is -1.95. The van der Waals surface area contributed by atoms with Gasteiger partial charge < -0.3 is 15.0 Å². The van der Waals surface area contributed by atoms with Crippen molar-refractivity contribution in [3.05, 3.63) is 46.9 Å². The number of esters is 1. The molecule has 1 aliphatic rings. The Morgan fingerprint density at radius 3 is 2.77 bits per heavy atom. The van der Waals surface area contributed by atoms with Crippen LogP contribution >= 0.6 is 12.2 Å². The second-order valence-corrected chi connectivity index (χ2v) is 5.29. The highest BCUT2D eigenvalue weighted by molar-refractivity contribution is 7.80. The number of thiocarbonyl (C=S) groups is 1. The minimum Gasteiger partial charge on any atom is -0.463 e. The predicted molar refractivity (Wildman–Crippen MR) is 86.6 cm³/mol. The fourth-order valence-electron chi connectivity index (χ4n) is 2.57. The minimum absolute atomic E-state index is 0.280. The zero-order valence-electron chi connectivity index (χ0n) is 12.9. The lowest BCUT2D eigenvalue weighted by Gasteiger charge is -2.37. The van der Waals surface area contributed by atoms with Crippen LogP contribution in [0.3, 0.4) is 0 Å². The maximum atomic E-state index is 13.5. The van der Waals surface area contributed by atoms with E-state index in [1.54, 1.807) is 19.1 Å². The molecule has 1 aromatic rings. The number of rotatable bonds is 4. The molecule has 118 valence electrons. The van der Waals surface area contributed by atoms with Crippen LogP contribution < -0.4 is 5.32 Å². The van der Waals surface area contributed by atoms with E-state index in [1.807, 2.05) is 18.7 Å². The van der Waals surface area contributed by atoms with E-state index in [4.69, 9.17) is 17.0 Å². The van der Waals surface area contributed by atoms with Gasteiger partial charge in [0.15, 0.2) is 5.11 Å². The first-order valence-corrected chi connectivity index (χ1v) is 7.61. The normalized spacial score (nSPS) is 18.3. The van der Waals surface area contributed by atoms with E-state index in [2.05, 4.69) is 5.32 Å². The molecule has 0 spiro atoms. The Labute approximate surface area is 134 Å². The van der Waals surface area contributed by atoms with Gasteiger partial charge in [-0.1, -0.05) is 12.1 Å². The molecular formula is C16H19FN2O2S. The van der Waals surface area contributed by atoms with Crippen LogP contribution in [0.5, 0.6) is 0 Å². The van der Waals surface area contributed by atoms with Gasteiger partial charge in [-0.3, -0.25) is 0 Å². The number of carbonyl (C=O) groups is 1. The van der Waals surface area contributed by atoms with Crippen molar-refractivity contribution >= 4 is 23.3 Å². The highest BCUT2D eigenvalue weighted by atomic mass is 32.1. The second kappa shape index (κ2) is 6.87. The van der Waals surface area contributed by atoms with Crippen LogP contribution in [0, 0.1) is 5.82 Å². The standard InChI is InChI=1S/C16H19FN2O2S/c1-4-19-10(3)13(15(20)21-5-2)14(18-16(19)22)11-7-6-8-12(17)9-11/h6-9,14H,4-5H2,1-3H3,(H,18,22)/t14-/m1/s1. The Bertz CT molecular complexity index is 630. The van der Waals surface area contributed by atoms with E-state index in [9.17, 15) is 9.18 Å². The summed E-state index contributed by atoms with van der Waals surface area (Å²) in [6, 6.07) is 5.62. The lowest BCUT2D eigenvalue weighted by molar-refractivity contribution is -0.139. The van der Waals surface area contributed by atoms with Gasteiger partial charge >= 0.3 is 5.97 Å². The van der Waals surface area contributed by atoms with Crippen LogP contribution in [0.25, 0.3) is 0 Å². The first-order chi connectivity index (χ1) is 10.5. The molecule has 0 saturated heterocycles. The van der Waals surface area contributed by atoms with Crippen molar-refractivity contribution in [2.45, 2.75) is 26.8 Å². The maximum Gasteiger partial charge on any atom is 0.338 e. The topological polar surface area (TPSA) is 41.6 Å². The molecule has 0 unspecified atom stereocenters. The number of allylic oxidation sites excluding steroid dienone is 1. The Morgan fingerprint density at radius 1 is 1.45 bits per heavy atom. The van der Waals surface area contributed by atoms with Gasteiger partial charge in [-0.2, -0.15) is 0 Å². The molecule has 0 amide bonds. The highest BCUT2D eigenvalue weighted by Crippen LogP contribution is 2.31. The summed E-state index contributed by atoms with van der Waals surface area (Å²) < 4.78 is 18.7. The molecule has 1 N–H and O–H groups in total. The summed E-state index contributed by atoms with van der Waals surface area (Å²) in [4.78, 5) is 14.2. The summed E-state index contributed by atoms with van der Waals surface area (Å²) in [6.07, 6.45) is 0. The van der Waals surface area contributed by atoms with Gasteiger partial charge in [0.2, 0.25) is 0 Å². The first kappa shape index (κ1) is 16.4. The van der Waals surface area contributed by atoms with Gasteiger partial charge in [0.1, 0.15) is 5.82 Å². The summed E-state index contributed by atoms with van der Waals surface area (Å²) in [5.74, 6) is -0.772. The summed E-state index contributed by atoms with van der Waals surface area (Å²) in [5.41, 5.74) is 1.84. The quantitative estimate of drug-likeness (QED) is 0.682. The van der Waals surface area contributed by atoms with E-state index in [0.29, 0.717) is 22.8 Å². The molecule has 2 rings (SSSR count). The number of halogens is 1. The van der Waals surface area contributed by atoms with Crippen LogP contribution in [0.2, 0.25) is 0 Å². The number of hydrogen-bond donors (Lipinski definition) is 1. The van der Waals surface area contributed by atoms with E-state index >= 15 is 0 Å². The molecular weight excluding hydrogens is 303 g/mol. The molecule has 0 bridgehead atoms. The van der Waals surface area contributed by atoms with Crippen LogP contribution in [0.4, 0.5) is 4.39 Å². The van der Waals surface area contributed by atoms with Crippen LogP contribution in [0.15, 0.2) is 35.5 Å². The van der Waals surface area contributed by atoms with E-state index in [-0.39, 0.29) is 12.4 Å². The SMILES string of the molecule is CCOC(=O)C1=C(C)N(CC)C(=S)N[C@@H]1c1cccc(F)c1. The molecule has 4 nitrogen and oxygen atoms in total. The first-order valence-electron chi connectivity index (χ1n) is 7.21. The molecule has 1 heterocycles. The van der Waals surface area contributed by atoms with E-state index in [1.165, 1.54) is 12.1 Å². The minimum atomic E-state index is -0.509. The van der Waals surface area contributed by atoms with Gasteiger partial charge in [0.05, 0.1) is 18.2 Å². The third-order valence-electron chi connectivity index (χ3n) is 3.59. The number of nitrogens with zero attached hydrogens (tertiary/aromatic N) is 1. The molecule has 0 aliphatic carbocycles. The molecule has 1 atom stereocenters. The maximum absolute atomic E-state index is 13.5. The summed E-state index contributed by atoms with van der Waals surface area (Å²) in [6.45, 7) is 6.44. The van der Waals surface area contributed by atoms with E-state index in [0.717, 1.165) is 5.70 Å². The van der Waals surface area contributed by atoms with Gasteiger partial charge in [0.25, 0.3) is 0 Å². The lowest BCUT2D eigenvalue weighted by Crippen LogP contribution is -2.47. The number of carbonyl (C=O) groups excluding carboxylic acids is 1. The average Bonchev–Trinajstić information content (AvgIpc) is 2.47. The van der Waals surface area contributed by atoms with Crippen LogP contribution in [-0.4, -0.2) is 29.1 Å². The lowest BCUT2D eigenvalue weighted by atomic mass is 9.95. The molecule has 0 radical (unpaired) electrons. The third kappa shape index (κ3) is 3.11. The molecule has 0 saturated carbocycles. The average molecular weight is 322 g/mol.